The molecule has 0 heterocycles. The van der Waals surface area contributed by atoms with Crippen LogP contribution in [0, 0.1) is 19.3 Å². The fourth-order valence-corrected chi connectivity index (χ4v) is 0.650. The smallest absolute Gasteiger partial charge is 0.186 e. The fourth-order valence-electron chi connectivity index (χ4n) is 0.650. The van der Waals surface area contributed by atoms with E-state index in [2.05, 4.69) is 5.92 Å². The molecule has 0 saturated carbocycles. The Labute approximate surface area is 83.4 Å². The molecular formula is C10H9ClO2. The summed E-state index contributed by atoms with van der Waals surface area (Å²) in [5, 5.41) is 0. The molecule has 3 heteroatoms. The van der Waals surface area contributed by atoms with E-state index >= 15 is 0 Å². The molecule has 0 aliphatic rings. The van der Waals surface area contributed by atoms with Crippen molar-refractivity contribution in [3.63, 3.8) is 0 Å². The van der Waals surface area contributed by atoms with Crippen LogP contribution < -0.4 is 0 Å². The molecule has 0 aromatic heterocycles. The summed E-state index contributed by atoms with van der Waals surface area (Å²) in [7, 11) is 0. The summed E-state index contributed by atoms with van der Waals surface area (Å²) < 4.78 is 0. The van der Waals surface area contributed by atoms with Crippen molar-refractivity contribution in [3.05, 3.63) is 35.4 Å². The van der Waals surface area contributed by atoms with Gasteiger partial charge in [0.25, 0.3) is 0 Å². The number of benzene rings is 1. The van der Waals surface area contributed by atoms with Crippen LogP contribution in [0.15, 0.2) is 24.3 Å². The lowest BCUT2D eigenvalue weighted by molar-refractivity contribution is -0.191. The molecular weight excluding hydrogens is 188 g/mol. The van der Waals surface area contributed by atoms with Crippen molar-refractivity contribution < 1.29 is 9.59 Å². The van der Waals surface area contributed by atoms with E-state index in [0.29, 0.717) is 0 Å². The van der Waals surface area contributed by atoms with E-state index in [1.54, 1.807) is 0 Å². The second-order valence-corrected chi connectivity index (χ2v) is 2.09. The van der Waals surface area contributed by atoms with Crippen molar-refractivity contribution in [2.24, 2.45) is 0 Å². The average Bonchev–Trinajstić information content (AvgIpc) is 2.07. The molecule has 0 radical (unpaired) electrons. The van der Waals surface area contributed by atoms with Crippen molar-refractivity contribution in [2.45, 2.75) is 6.92 Å². The highest BCUT2D eigenvalue weighted by Gasteiger charge is 1.82. The highest BCUT2D eigenvalue weighted by molar-refractivity contribution is 5.85. The Hall–Kier alpha value is -1.55. The minimum absolute atomic E-state index is 0. The molecule has 1 aromatic rings. The third-order valence-electron chi connectivity index (χ3n) is 1.22. The maximum Gasteiger partial charge on any atom is 0.373 e. The molecule has 2 nitrogen and oxygen atoms in total. The summed E-state index contributed by atoms with van der Waals surface area (Å²) in [5.41, 5.74) is 2.19. The van der Waals surface area contributed by atoms with Gasteiger partial charge in [-0.25, -0.2) is 0 Å². The van der Waals surface area contributed by atoms with E-state index in [4.69, 9.17) is 16.0 Å². The standard InChI is InChI=1S/C9H8.CO2.ClH/c1-3-9-6-4-8(2)5-7-9;2-1-3;/h1,4-7H,2H3;;1H. The fraction of sp³-hybridized carbons (Fsp3) is 0.100. The quantitative estimate of drug-likeness (QED) is 0.594. The van der Waals surface area contributed by atoms with Gasteiger partial charge >= 0.3 is 6.15 Å². The van der Waals surface area contributed by atoms with Crippen molar-refractivity contribution in [2.75, 3.05) is 0 Å². The summed E-state index contributed by atoms with van der Waals surface area (Å²) >= 11 is 0. The van der Waals surface area contributed by atoms with Crippen LogP contribution in [-0.4, -0.2) is 6.15 Å². The summed E-state index contributed by atoms with van der Waals surface area (Å²) in [6, 6.07) is 7.90. The predicted octanol–water partition coefficient (Wildman–Crippen LogP) is 1.81. The lowest BCUT2D eigenvalue weighted by atomic mass is 10.2. The first-order valence-electron chi connectivity index (χ1n) is 3.27. The van der Waals surface area contributed by atoms with E-state index in [0.717, 1.165) is 5.56 Å². The highest BCUT2D eigenvalue weighted by Crippen LogP contribution is 1.99. The van der Waals surface area contributed by atoms with Crippen LogP contribution in [0.4, 0.5) is 0 Å². The molecule has 0 aliphatic heterocycles. The predicted molar refractivity (Wildman–Crippen MR) is 51.4 cm³/mol. The van der Waals surface area contributed by atoms with Crippen LogP contribution in [0.25, 0.3) is 0 Å². The van der Waals surface area contributed by atoms with E-state index < -0.39 is 0 Å². The largest absolute Gasteiger partial charge is 0.373 e. The first kappa shape index (κ1) is 14.0. The number of aryl methyl sites for hydroxylation is 1. The van der Waals surface area contributed by atoms with Crippen molar-refractivity contribution in [3.8, 4) is 12.3 Å². The highest BCUT2D eigenvalue weighted by atomic mass is 35.5. The Balaban J connectivity index is 0. The first-order chi connectivity index (χ1) is 5.74. The van der Waals surface area contributed by atoms with Gasteiger partial charge in [-0.3, -0.25) is 0 Å². The minimum Gasteiger partial charge on any atom is -0.186 e. The number of halogens is 1. The van der Waals surface area contributed by atoms with E-state index in [-0.39, 0.29) is 18.6 Å². The van der Waals surface area contributed by atoms with Crippen LogP contribution in [0.3, 0.4) is 0 Å². The first-order valence-corrected chi connectivity index (χ1v) is 3.27. The Morgan fingerprint density at radius 1 is 1.15 bits per heavy atom. The summed E-state index contributed by atoms with van der Waals surface area (Å²) in [5.74, 6) is 2.55. The molecule has 0 bridgehead atoms. The van der Waals surface area contributed by atoms with Gasteiger partial charge in [-0.1, -0.05) is 23.6 Å². The van der Waals surface area contributed by atoms with Gasteiger partial charge in [0.2, 0.25) is 0 Å². The van der Waals surface area contributed by atoms with Gasteiger partial charge < -0.3 is 0 Å². The van der Waals surface area contributed by atoms with Crippen LogP contribution in [-0.2, 0) is 9.59 Å². The zero-order valence-electron chi connectivity index (χ0n) is 7.11. The maximum absolute atomic E-state index is 8.12. The topological polar surface area (TPSA) is 34.1 Å². The molecule has 0 spiro atoms. The van der Waals surface area contributed by atoms with Gasteiger partial charge in [0.05, 0.1) is 0 Å². The van der Waals surface area contributed by atoms with Crippen molar-refractivity contribution in [1.29, 1.82) is 0 Å². The van der Waals surface area contributed by atoms with Gasteiger partial charge in [-0.15, -0.1) is 18.8 Å². The van der Waals surface area contributed by atoms with E-state index in [1.807, 2.05) is 31.2 Å². The number of carbonyl (C=O) groups excluding carboxylic acids is 2. The third kappa shape index (κ3) is 6.83. The van der Waals surface area contributed by atoms with E-state index in [1.165, 1.54) is 5.56 Å². The molecule has 0 saturated heterocycles. The average molecular weight is 197 g/mol. The molecule has 0 N–H and O–H groups in total. The summed E-state index contributed by atoms with van der Waals surface area (Å²) in [6.07, 6.45) is 5.40. The summed E-state index contributed by atoms with van der Waals surface area (Å²) in [4.78, 5) is 16.2. The van der Waals surface area contributed by atoms with E-state index in [9.17, 15) is 0 Å². The minimum atomic E-state index is 0. The Kier molecular flexibility index (Phi) is 9.20. The summed E-state index contributed by atoms with van der Waals surface area (Å²) in [6.45, 7) is 2.04. The molecule has 13 heavy (non-hydrogen) atoms. The van der Waals surface area contributed by atoms with Gasteiger partial charge in [-0.2, -0.15) is 9.59 Å². The Bertz CT molecular complexity index is 303. The molecule has 0 aliphatic carbocycles. The normalized spacial score (nSPS) is 6.46. The second kappa shape index (κ2) is 8.55. The Morgan fingerprint density at radius 3 is 1.85 bits per heavy atom. The molecule has 68 valence electrons. The second-order valence-electron chi connectivity index (χ2n) is 2.09. The zero-order chi connectivity index (χ0) is 9.40. The van der Waals surface area contributed by atoms with Gasteiger partial charge in [-0.05, 0) is 19.1 Å². The lowest BCUT2D eigenvalue weighted by Crippen LogP contribution is -1.72. The van der Waals surface area contributed by atoms with Crippen LogP contribution in [0.5, 0.6) is 0 Å². The van der Waals surface area contributed by atoms with Crippen molar-refractivity contribution >= 4 is 18.6 Å². The molecule has 0 fully saturated rings. The van der Waals surface area contributed by atoms with Crippen molar-refractivity contribution in [1.82, 2.24) is 0 Å². The third-order valence-corrected chi connectivity index (χ3v) is 1.22. The van der Waals surface area contributed by atoms with Gasteiger partial charge in [0.15, 0.2) is 0 Å². The molecule has 0 amide bonds. The number of terminal acetylenes is 1. The van der Waals surface area contributed by atoms with Gasteiger partial charge in [0.1, 0.15) is 0 Å². The Morgan fingerprint density at radius 2 is 1.54 bits per heavy atom. The van der Waals surface area contributed by atoms with Crippen LogP contribution in [0.1, 0.15) is 11.1 Å². The molecule has 0 unspecified atom stereocenters. The zero-order valence-corrected chi connectivity index (χ0v) is 7.93. The maximum atomic E-state index is 8.12. The number of hydrogen-bond acceptors (Lipinski definition) is 2. The lowest BCUT2D eigenvalue weighted by Gasteiger charge is -1.89. The molecule has 1 rings (SSSR count). The van der Waals surface area contributed by atoms with Crippen LogP contribution in [0.2, 0.25) is 0 Å². The number of rotatable bonds is 0. The van der Waals surface area contributed by atoms with Gasteiger partial charge in [0, 0.05) is 5.56 Å². The SMILES string of the molecule is C#Cc1ccc(C)cc1.Cl.O=C=O. The monoisotopic (exact) mass is 196 g/mol. The molecule has 0 atom stereocenters. The van der Waals surface area contributed by atoms with Crippen LogP contribution >= 0.6 is 12.4 Å². The number of hydrogen-bond donors (Lipinski definition) is 0. The molecule has 1 aromatic carbocycles.